The van der Waals surface area contributed by atoms with Crippen LogP contribution in [0.5, 0.6) is 0 Å². The van der Waals surface area contributed by atoms with Crippen molar-refractivity contribution in [2.75, 3.05) is 44.2 Å². The van der Waals surface area contributed by atoms with Gasteiger partial charge in [0.05, 0.1) is 17.5 Å². The summed E-state index contributed by atoms with van der Waals surface area (Å²) >= 11 is 0. The Hall–Kier alpha value is -2.22. The molecule has 2 aromatic rings. The monoisotopic (exact) mass is 343 g/mol. The molecular weight excluding hydrogens is 318 g/mol. The summed E-state index contributed by atoms with van der Waals surface area (Å²) in [6.45, 7) is 6.86. The first kappa shape index (κ1) is 16.3. The molecule has 8 nitrogen and oxygen atoms in total. The van der Waals surface area contributed by atoms with Crippen LogP contribution in [0.3, 0.4) is 0 Å². The number of anilines is 1. The average molecular weight is 343 g/mol. The molecule has 2 aromatic heterocycles. The third-order valence-corrected chi connectivity index (χ3v) is 5.22. The molecule has 8 heteroatoms. The first-order valence-corrected chi connectivity index (χ1v) is 9.04. The minimum Gasteiger partial charge on any atom is -0.352 e. The van der Waals surface area contributed by atoms with Crippen LogP contribution in [-0.4, -0.2) is 69.8 Å². The van der Waals surface area contributed by atoms with Crippen molar-refractivity contribution in [3.63, 3.8) is 0 Å². The van der Waals surface area contributed by atoms with Crippen LogP contribution in [0, 0.1) is 12.8 Å². The number of fused-ring (bicyclic) bond motifs is 1. The van der Waals surface area contributed by atoms with Gasteiger partial charge in [-0.1, -0.05) is 0 Å². The Bertz CT molecular complexity index is 773. The van der Waals surface area contributed by atoms with Gasteiger partial charge in [-0.2, -0.15) is 5.10 Å². The highest BCUT2D eigenvalue weighted by Gasteiger charge is 2.29. The number of amides is 1. The van der Waals surface area contributed by atoms with E-state index in [9.17, 15) is 4.79 Å². The highest BCUT2D eigenvalue weighted by molar-refractivity contribution is 5.87. The van der Waals surface area contributed by atoms with E-state index in [0.717, 1.165) is 74.8 Å². The molecule has 1 atom stereocenters. The Morgan fingerprint density at radius 2 is 2.04 bits per heavy atom. The highest BCUT2D eigenvalue weighted by atomic mass is 16.2. The largest absolute Gasteiger partial charge is 0.352 e. The summed E-state index contributed by atoms with van der Waals surface area (Å²) in [5.74, 6) is 2.13. The molecule has 1 unspecified atom stereocenters. The normalized spacial score (nSPS) is 21.8. The molecule has 0 radical (unpaired) electrons. The number of carbonyl (C=O) groups is 1. The minimum absolute atomic E-state index is 0.145. The van der Waals surface area contributed by atoms with Crippen molar-refractivity contribution < 1.29 is 4.79 Å². The molecule has 0 aromatic carbocycles. The Morgan fingerprint density at radius 1 is 1.24 bits per heavy atom. The van der Waals surface area contributed by atoms with Crippen molar-refractivity contribution in [2.24, 2.45) is 13.0 Å². The lowest BCUT2D eigenvalue weighted by Gasteiger charge is -2.37. The molecule has 0 aliphatic carbocycles. The van der Waals surface area contributed by atoms with Gasteiger partial charge < -0.3 is 15.1 Å². The van der Waals surface area contributed by atoms with Crippen molar-refractivity contribution in [3.8, 4) is 0 Å². The summed E-state index contributed by atoms with van der Waals surface area (Å²) in [5.41, 5.74) is 0.856. The molecule has 0 bridgehead atoms. The van der Waals surface area contributed by atoms with E-state index < -0.39 is 0 Å². The molecule has 4 rings (SSSR count). The number of nitrogens with zero attached hydrogens (tertiary/aromatic N) is 6. The van der Waals surface area contributed by atoms with Gasteiger partial charge in [-0.05, 0) is 26.3 Å². The number of carbonyl (C=O) groups excluding carboxylic acids is 1. The van der Waals surface area contributed by atoms with Crippen LogP contribution in [0.2, 0.25) is 0 Å². The summed E-state index contributed by atoms with van der Waals surface area (Å²) < 4.78 is 1.78. The van der Waals surface area contributed by atoms with E-state index in [4.69, 9.17) is 0 Å². The number of piperazine rings is 1. The summed E-state index contributed by atoms with van der Waals surface area (Å²) in [4.78, 5) is 26.1. The van der Waals surface area contributed by atoms with Crippen molar-refractivity contribution in [1.29, 1.82) is 0 Å². The Balaban J connectivity index is 1.48. The van der Waals surface area contributed by atoms with Crippen molar-refractivity contribution in [2.45, 2.75) is 19.8 Å². The van der Waals surface area contributed by atoms with Crippen LogP contribution in [0.25, 0.3) is 11.0 Å². The van der Waals surface area contributed by atoms with Gasteiger partial charge in [0.15, 0.2) is 5.65 Å². The SMILES string of the molecule is Cc1nc(N2CCN(C(=O)C3CCCNC3)CC2)c2cnn(C)c2n1. The van der Waals surface area contributed by atoms with E-state index in [0.29, 0.717) is 5.91 Å². The third-order valence-electron chi connectivity index (χ3n) is 5.22. The summed E-state index contributed by atoms with van der Waals surface area (Å²) in [6, 6.07) is 0. The topological polar surface area (TPSA) is 79.2 Å². The molecule has 1 amide bonds. The van der Waals surface area contributed by atoms with Crippen LogP contribution < -0.4 is 10.2 Å². The number of piperidine rings is 1. The average Bonchev–Trinajstić information content (AvgIpc) is 3.02. The van der Waals surface area contributed by atoms with E-state index in [1.165, 1.54) is 0 Å². The lowest BCUT2D eigenvalue weighted by atomic mass is 9.98. The van der Waals surface area contributed by atoms with Crippen LogP contribution in [-0.2, 0) is 11.8 Å². The van der Waals surface area contributed by atoms with Crippen LogP contribution >= 0.6 is 0 Å². The zero-order valence-corrected chi connectivity index (χ0v) is 14.9. The quantitative estimate of drug-likeness (QED) is 0.846. The fourth-order valence-corrected chi connectivity index (χ4v) is 3.81. The van der Waals surface area contributed by atoms with Gasteiger partial charge in [0.2, 0.25) is 5.91 Å². The number of nitrogens with one attached hydrogen (secondary N) is 1. The van der Waals surface area contributed by atoms with Gasteiger partial charge in [-0.3, -0.25) is 9.48 Å². The van der Waals surface area contributed by atoms with Gasteiger partial charge in [-0.25, -0.2) is 9.97 Å². The molecule has 134 valence electrons. The second kappa shape index (κ2) is 6.59. The van der Waals surface area contributed by atoms with E-state index in [1.54, 1.807) is 4.68 Å². The number of rotatable bonds is 2. The van der Waals surface area contributed by atoms with Crippen molar-refractivity contribution in [3.05, 3.63) is 12.0 Å². The van der Waals surface area contributed by atoms with E-state index in [2.05, 4.69) is 25.3 Å². The van der Waals surface area contributed by atoms with Gasteiger partial charge in [0.1, 0.15) is 11.6 Å². The second-order valence-corrected chi connectivity index (χ2v) is 6.96. The summed E-state index contributed by atoms with van der Waals surface area (Å²) in [7, 11) is 1.90. The predicted molar refractivity (Wildman–Crippen MR) is 95.4 cm³/mol. The fourth-order valence-electron chi connectivity index (χ4n) is 3.81. The summed E-state index contributed by atoms with van der Waals surface area (Å²) in [6.07, 6.45) is 3.93. The minimum atomic E-state index is 0.145. The first-order chi connectivity index (χ1) is 12.1. The van der Waals surface area contributed by atoms with Crippen LogP contribution in [0.4, 0.5) is 5.82 Å². The molecule has 2 fully saturated rings. The number of hydrogen-bond acceptors (Lipinski definition) is 6. The lowest BCUT2D eigenvalue weighted by molar-refractivity contribution is -0.136. The maximum absolute atomic E-state index is 12.7. The number of hydrogen-bond donors (Lipinski definition) is 1. The highest BCUT2D eigenvalue weighted by Crippen LogP contribution is 2.25. The van der Waals surface area contributed by atoms with E-state index >= 15 is 0 Å². The zero-order chi connectivity index (χ0) is 17.4. The van der Waals surface area contributed by atoms with Crippen LogP contribution in [0.1, 0.15) is 18.7 Å². The van der Waals surface area contributed by atoms with Gasteiger partial charge in [0, 0.05) is 39.8 Å². The first-order valence-electron chi connectivity index (χ1n) is 9.04. The predicted octanol–water partition coefficient (Wildman–Crippen LogP) is 0.320. The second-order valence-electron chi connectivity index (χ2n) is 6.96. The smallest absolute Gasteiger partial charge is 0.227 e. The van der Waals surface area contributed by atoms with Crippen LogP contribution in [0.15, 0.2) is 6.20 Å². The molecule has 1 N–H and O–H groups in total. The molecule has 2 aliphatic heterocycles. The molecule has 2 aliphatic rings. The Morgan fingerprint density at radius 3 is 2.76 bits per heavy atom. The maximum atomic E-state index is 12.7. The standard InChI is InChI=1S/C17H25N7O/c1-12-20-15-14(11-19-22(15)2)16(21-12)23-6-8-24(9-7-23)17(25)13-4-3-5-18-10-13/h11,13,18H,3-10H2,1-2H3. The Labute approximate surface area is 147 Å². The van der Waals surface area contributed by atoms with Gasteiger partial charge >= 0.3 is 0 Å². The van der Waals surface area contributed by atoms with Crippen molar-refractivity contribution in [1.82, 2.24) is 30.0 Å². The number of aryl methyl sites for hydroxylation is 2. The third kappa shape index (κ3) is 3.06. The summed E-state index contributed by atoms with van der Waals surface area (Å²) in [5, 5.41) is 8.62. The molecule has 4 heterocycles. The molecule has 0 saturated carbocycles. The van der Waals surface area contributed by atoms with Crippen molar-refractivity contribution >= 4 is 22.8 Å². The maximum Gasteiger partial charge on any atom is 0.227 e. The molecule has 25 heavy (non-hydrogen) atoms. The fraction of sp³-hybridized carbons (Fsp3) is 0.647. The number of aromatic nitrogens is 4. The van der Waals surface area contributed by atoms with Gasteiger partial charge in [-0.15, -0.1) is 0 Å². The molecular formula is C17H25N7O. The van der Waals surface area contributed by atoms with Gasteiger partial charge in [0.25, 0.3) is 0 Å². The lowest BCUT2D eigenvalue weighted by Crippen LogP contribution is -2.52. The molecule has 0 spiro atoms. The van der Waals surface area contributed by atoms with E-state index in [-0.39, 0.29) is 5.92 Å². The Kier molecular flexibility index (Phi) is 4.29. The molecule has 2 saturated heterocycles. The zero-order valence-electron chi connectivity index (χ0n) is 14.9. The van der Waals surface area contributed by atoms with E-state index in [1.807, 2.05) is 25.1 Å².